The van der Waals surface area contributed by atoms with Gasteiger partial charge < -0.3 is 14.6 Å². The molecule has 90 valence electrons. The first-order valence-corrected chi connectivity index (χ1v) is 5.73. The Balaban J connectivity index is 2.19. The molecular weight excluding hydrogens is 252 g/mol. The van der Waals surface area contributed by atoms with Gasteiger partial charge in [0.15, 0.2) is 0 Å². The monoisotopic (exact) mass is 260 g/mol. The number of benzene rings is 2. The van der Waals surface area contributed by atoms with Crippen molar-refractivity contribution in [2.75, 3.05) is 0 Å². The van der Waals surface area contributed by atoms with Crippen molar-refractivity contribution >= 4 is 22.6 Å². The lowest BCUT2D eigenvalue weighted by Crippen LogP contribution is -1.75. The zero-order chi connectivity index (χ0) is 12.7. The van der Waals surface area contributed by atoms with Gasteiger partial charge in [-0.15, -0.1) is 0 Å². The van der Waals surface area contributed by atoms with E-state index in [1.807, 2.05) is 0 Å². The second-order valence-corrected chi connectivity index (χ2v) is 4.43. The maximum absolute atomic E-state index is 9.78. The van der Waals surface area contributed by atoms with Crippen molar-refractivity contribution in [2.24, 2.45) is 0 Å². The number of rotatable bonds is 1. The third kappa shape index (κ3) is 1.79. The van der Waals surface area contributed by atoms with Crippen LogP contribution >= 0.6 is 11.6 Å². The van der Waals surface area contributed by atoms with Gasteiger partial charge in [0.05, 0.1) is 5.56 Å². The zero-order valence-corrected chi connectivity index (χ0v) is 9.98. The molecule has 0 fully saturated rings. The van der Waals surface area contributed by atoms with Gasteiger partial charge in [0.25, 0.3) is 0 Å². The number of phenols is 2. The first-order chi connectivity index (χ1) is 8.63. The summed E-state index contributed by atoms with van der Waals surface area (Å²) < 4.78 is 5.63. The van der Waals surface area contributed by atoms with E-state index in [4.69, 9.17) is 16.0 Å². The molecule has 0 aliphatic carbocycles. The molecule has 0 saturated heterocycles. The number of phenolic OH excluding ortho intramolecular Hbond substituents is 2. The second-order valence-electron chi connectivity index (χ2n) is 3.99. The van der Waals surface area contributed by atoms with Gasteiger partial charge in [-0.25, -0.2) is 0 Å². The number of hydrogen-bond acceptors (Lipinski definition) is 3. The van der Waals surface area contributed by atoms with E-state index in [1.54, 1.807) is 30.3 Å². The fraction of sp³-hybridized carbons (Fsp3) is 0. The lowest BCUT2D eigenvalue weighted by molar-refractivity contribution is 0.450. The van der Waals surface area contributed by atoms with Crippen LogP contribution in [0.2, 0.25) is 5.02 Å². The highest BCUT2D eigenvalue weighted by Crippen LogP contribution is 2.35. The fourth-order valence-electron chi connectivity index (χ4n) is 1.88. The molecule has 0 aliphatic rings. The minimum absolute atomic E-state index is 0.00963. The minimum atomic E-state index is -0.0276. The molecule has 0 bridgehead atoms. The van der Waals surface area contributed by atoms with Crippen molar-refractivity contribution in [3.05, 3.63) is 47.5 Å². The van der Waals surface area contributed by atoms with Crippen LogP contribution in [0.3, 0.4) is 0 Å². The van der Waals surface area contributed by atoms with Gasteiger partial charge >= 0.3 is 0 Å². The molecule has 1 aromatic heterocycles. The number of halogens is 1. The predicted octanol–water partition coefficient (Wildman–Crippen LogP) is 4.16. The molecule has 1 heterocycles. The van der Waals surface area contributed by atoms with Crippen LogP contribution in [0.15, 0.2) is 46.9 Å². The first-order valence-electron chi connectivity index (χ1n) is 5.35. The molecule has 18 heavy (non-hydrogen) atoms. The Morgan fingerprint density at radius 3 is 2.56 bits per heavy atom. The Hall–Kier alpha value is -2.13. The van der Waals surface area contributed by atoms with E-state index in [9.17, 15) is 10.2 Å². The van der Waals surface area contributed by atoms with E-state index in [2.05, 4.69) is 0 Å². The molecule has 0 spiro atoms. The second kappa shape index (κ2) is 3.96. The van der Waals surface area contributed by atoms with Crippen LogP contribution in [0.5, 0.6) is 11.5 Å². The molecule has 2 aromatic carbocycles. The van der Waals surface area contributed by atoms with Crippen LogP contribution in [-0.2, 0) is 0 Å². The largest absolute Gasteiger partial charge is 0.508 e. The van der Waals surface area contributed by atoms with E-state index in [-0.39, 0.29) is 11.5 Å². The van der Waals surface area contributed by atoms with Crippen LogP contribution < -0.4 is 0 Å². The average Bonchev–Trinajstić information content (AvgIpc) is 2.71. The molecule has 3 aromatic rings. The van der Waals surface area contributed by atoms with Crippen LogP contribution in [0.4, 0.5) is 0 Å². The third-order valence-corrected chi connectivity index (χ3v) is 2.96. The summed E-state index contributed by atoms with van der Waals surface area (Å²) in [6.45, 7) is 0. The molecule has 0 radical (unpaired) electrons. The van der Waals surface area contributed by atoms with Crippen molar-refractivity contribution in [3.63, 3.8) is 0 Å². The summed E-state index contributed by atoms with van der Waals surface area (Å²) in [6.07, 6.45) is 0. The predicted molar refractivity (Wildman–Crippen MR) is 70.0 cm³/mol. The van der Waals surface area contributed by atoms with Crippen molar-refractivity contribution in [3.8, 4) is 22.8 Å². The maximum atomic E-state index is 9.78. The summed E-state index contributed by atoms with van der Waals surface area (Å²) in [5.74, 6) is 0.514. The summed E-state index contributed by atoms with van der Waals surface area (Å²) in [7, 11) is 0. The lowest BCUT2D eigenvalue weighted by Gasteiger charge is -2.00. The Labute approximate surface area is 108 Å². The highest BCUT2D eigenvalue weighted by molar-refractivity contribution is 6.31. The molecule has 0 aliphatic heterocycles. The third-order valence-electron chi connectivity index (χ3n) is 2.73. The SMILES string of the molecule is Oc1ccc(-c2cc3cc(Cl)ccc3o2)c(O)c1. The van der Waals surface area contributed by atoms with E-state index in [0.29, 0.717) is 21.9 Å². The minimum Gasteiger partial charge on any atom is -0.508 e. The highest BCUT2D eigenvalue weighted by atomic mass is 35.5. The Kier molecular flexibility index (Phi) is 2.42. The van der Waals surface area contributed by atoms with Crippen molar-refractivity contribution < 1.29 is 14.6 Å². The molecule has 0 amide bonds. The summed E-state index contributed by atoms with van der Waals surface area (Å²) in [4.78, 5) is 0. The molecule has 3 rings (SSSR count). The molecular formula is C14H9ClO3. The van der Waals surface area contributed by atoms with Gasteiger partial charge in [-0.05, 0) is 36.4 Å². The summed E-state index contributed by atoms with van der Waals surface area (Å²) in [5.41, 5.74) is 1.22. The van der Waals surface area contributed by atoms with Gasteiger partial charge in [0.2, 0.25) is 0 Å². The molecule has 0 unspecified atom stereocenters. The van der Waals surface area contributed by atoms with E-state index in [0.717, 1.165) is 5.39 Å². The normalized spacial score (nSPS) is 10.9. The Morgan fingerprint density at radius 1 is 0.944 bits per heavy atom. The van der Waals surface area contributed by atoms with E-state index >= 15 is 0 Å². The fourth-order valence-corrected chi connectivity index (χ4v) is 2.06. The van der Waals surface area contributed by atoms with Crippen LogP contribution in [0, 0.1) is 0 Å². The molecule has 4 heteroatoms. The van der Waals surface area contributed by atoms with Gasteiger partial charge in [0.1, 0.15) is 22.8 Å². The molecule has 0 atom stereocenters. The quantitative estimate of drug-likeness (QED) is 0.691. The molecule has 3 nitrogen and oxygen atoms in total. The lowest BCUT2D eigenvalue weighted by atomic mass is 10.1. The smallest absolute Gasteiger partial charge is 0.139 e. The van der Waals surface area contributed by atoms with E-state index < -0.39 is 0 Å². The van der Waals surface area contributed by atoms with Crippen molar-refractivity contribution in [2.45, 2.75) is 0 Å². The van der Waals surface area contributed by atoms with Gasteiger partial charge in [-0.3, -0.25) is 0 Å². The average molecular weight is 261 g/mol. The maximum Gasteiger partial charge on any atom is 0.139 e. The number of hydrogen-bond donors (Lipinski definition) is 2. The van der Waals surface area contributed by atoms with Crippen molar-refractivity contribution in [1.82, 2.24) is 0 Å². The van der Waals surface area contributed by atoms with Crippen LogP contribution in [-0.4, -0.2) is 10.2 Å². The van der Waals surface area contributed by atoms with Gasteiger partial charge in [-0.2, -0.15) is 0 Å². The van der Waals surface area contributed by atoms with E-state index in [1.165, 1.54) is 12.1 Å². The van der Waals surface area contributed by atoms with Crippen LogP contribution in [0.25, 0.3) is 22.3 Å². The standard InChI is InChI=1S/C14H9ClO3/c15-9-1-4-13-8(5-9)6-14(18-13)11-3-2-10(16)7-12(11)17/h1-7,16-17H. The first kappa shape index (κ1) is 11.0. The number of furan rings is 1. The summed E-state index contributed by atoms with van der Waals surface area (Å²) >= 11 is 5.90. The summed E-state index contributed by atoms with van der Waals surface area (Å²) in [6, 6.07) is 11.5. The van der Waals surface area contributed by atoms with Gasteiger partial charge in [-0.1, -0.05) is 11.6 Å². The summed E-state index contributed by atoms with van der Waals surface area (Å²) in [5, 5.41) is 20.5. The molecule has 2 N–H and O–H groups in total. The Bertz CT molecular complexity index is 731. The number of fused-ring (bicyclic) bond motifs is 1. The molecule has 0 saturated carbocycles. The van der Waals surface area contributed by atoms with Gasteiger partial charge in [0, 0.05) is 16.5 Å². The van der Waals surface area contributed by atoms with Crippen molar-refractivity contribution in [1.29, 1.82) is 0 Å². The zero-order valence-electron chi connectivity index (χ0n) is 9.22. The highest BCUT2D eigenvalue weighted by Gasteiger charge is 2.11. The van der Waals surface area contributed by atoms with Crippen LogP contribution in [0.1, 0.15) is 0 Å². The number of aromatic hydroxyl groups is 2. The topological polar surface area (TPSA) is 53.6 Å². The Morgan fingerprint density at radius 2 is 1.78 bits per heavy atom.